The lowest BCUT2D eigenvalue weighted by Crippen LogP contribution is -2.48. The van der Waals surface area contributed by atoms with E-state index in [0.29, 0.717) is 5.69 Å². The van der Waals surface area contributed by atoms with E-state index < -0.39 is 59.3 Å². The minimum absolute atomic E-state index is 0.0964. The Morgan fingerprint density at radius 1 is 1.10 bits per heavy atom. The van der Waals surface area contributed by atoms with E-state index in [2.05, 4.69) is 10.1 Å². The van der Waals surface area contributed by atoms with E-state index in [1.807, 2.05) is 4.72 Å². The molecule has 0 saturated heterocycles. The van der Waals surface area contributed by atoms with Crippen LogP contribution in [0.25, 0.3) is 0 Å². The maximum absolute atomic E-state index is 12.4. The first-order valence-electron chi connectivity index (χ1n) is 10.5. The highest BCUT2D eigenvalue weighted by atomic mass is 35.5. The number of halogens is 4. The van der Waals surface area contributed by atoms with Gasteiger partial charge in [0.2, 0.25) is 0 Å². The summed E-state index contributed by atoms with van der Waals surface area (Å²) in [5.41, 5.74) is 5.97. The number of rotatable bonds is 11. The molecule has 0 bridgehead atoms. The van der Waals surface area contributed by atoms with Gasteiger partial charge in [-0.25, -0.2) is 14.4 Å². The number of benzene rings is 2. The average Bonchev–Trinajstić information content (AvgIpc) is 2.83. The molecule has 2 aromatic rings. The Bertz CT molecular complexity index is 1420. The van der Waals surface area contributed by atoms with Crippen LogP contribution in [0, 0.1) is 5.41 Å². The summed E-state index contributed by atoms with van der Waals surface area (Å²) >= 11 is 6.09. The highest BCUT2D eigenvalue weighted by Gasteiger charge is 2.44. The lowest BCUT2D eigenvalue weighted by Gasteiger charge is -2.16. The first kappa shape index (κ1) is 32.0. The van der Waals surface area contributed by atoms with E-state index in [0.717, 1.165) is 0 Å². The van der Waals surface area contributed by atoms with Crippen LogP contribution in [0.3, 0.4) is 0 Å². The molecule has 19 heteroatoms. The molecule has 0 aliphatic rings. The number of nitrogens with two attached hydrogens (primary N) is 1. The fourth-order valence-electron chi connectivity index (χ4n) is 2.72. The third kappa shape index (κ3) is 10.1. The summed E-state index contributed by atoms with van der Waals surface area (Å²) in [6.07, 6.45) is -6.93. The zero-order valence-electron chi connectivity index (χ0n) is 19.7. The van der Waals surface area contributed by atoms with E-state index in [9.17, 15) is 40.8 Å². The Morgan fingerprint density at radius 3 is 2.25 bits per heavy atom. The molecule has 7 N–H and O–H groups in total. The van der Waals surface area contributed by atoms with Crippen molar-refractivity contribution in [2.75, 3.05) is 5.32 Å². The molecule has 40 heavy (non-hydrogen) atoms. The van der Waals surface area contributed by atoms with E-state index in [4.69, 9.17) is 32.6 Å². The number of alkyl halides is 3. The summed E-state index contributed by atoms with van der Waals surface area (Å²) in [6, 6.07) is 7.08. The molecule has 0 amide bonds. The van der Waals surface area contributed by atoms with Crippen LogP contribution in [0.4, 0.5) is 18.9 Å². The summed E-state index contributed by atoms with van der Waals surface area (Å²) in [4.78, 5) is 45.9. The van der Waals surface area contributed by atoms with Crippen molar-refractivity contribution >= 4 is 57.3 Å². The van der Waals surface area contributed by atoms with E-state index in [-0.39, 0.29) is 27.9 Å². The molecule has 0 unspecified atom stereocenters. The number of hydrogen-bond donors (Lipinski definition) is 6. The number of guanidine groups is 1. The van der Waals surface area contributed by atoms with Crippen molar-refractivity contribution in [2.45, 2.75) is 25.2 Å². The van der Waals surface area contributed by atoms with Gasteiger partial charge in [0.15, 0.2) is 5.96 Å². The second kappa shape index (κ2) is 13.2. The van der Waals surface area contributed by atoms with Gasteiger partial charge in [0.05, 0.1) is 17.0 Å². The second-order valence-corrected chi connectivity index (χ2v) is 9.51. The zero-order valence-corrected chi connectivity index (χ0v) is 21.3. The van der Waals surface area contributed by atoms with E-state index >= 15 is 0 Å². The molecule has 0 spiro atoms. The monoisotopic (exact) mass is 609 g/mol. The normalized spacial score (nSPS) is 12.2. The molecule has 14 nitrogen and oxygen atoms in total. The van der Waals surface area contributed by atoms with Gasteiger partial charge in [0.1, 0.15) is 11.8 Å². The number of anilines is 1. The third-order valence-electron chi connectivity index (χ3n) is 4.45. The van der Waals surface area contributed by atoms with Gasteiger partial charge in [-0.1, -0.05) is 17.7 Å². The van der Waals surface area contributed by atoms with Crippen molar-refractivity contribution in [3.8, 4) is 5.75 Å². The fraction of sp³-hybridized carbons (Fsp3) is 0.190. The standard InChI is InChI=1S/C21H19ClF3N5O9S/c22-13-7-10(1-6-15(13)38-17(33)11-2-4-12(5-3-11)29-20(26)27)9-28-40(36,37)30-14(8-16(31)32)18(34)39-19(35)21(23,24)25/h1-7,14,28,30H,8-9H2,(H,31,32)(H4,26,27,29)/t14-/m0/s1. The smallest absolute Gasteiger partial charge is 0.481 e. The number of aliphatic carboxylic acids is 1. The first-order valence-corrected chi connectivity index (χ1v) is 12.4. The van der Waals surface area contributed by atoms with E-state index in [1.165, 1.54) is 47.2 Å². The molecule has 1 atom stereocenters. The first-order chi connectivity index (χ1) is 18.5. The molecule has 0 aliphatic carbocycles. The number of carboxylic acids is 1. The van der Waals surface area contributed by atoms with Crippen LogP contribution in [0.15, 0.2) is 42.5 Å². The predicted molar refractivity (Wildman–Crippen MR) is 130 cm³/mol. The highest BCUT2D eigenvalue weighted by molar-refractivity contribution is 7.87. The summed E-state index contributed by atoms with van der Waals surface area (Å²) < 4.78 is 73.6. The molecule has 0 saturated carbocycles. The zero-order chi connectivity index (χ0) is 30.3. The molecular formula is C21H19ClF3N5O9S. The molecule has 0 radical (unpaired) electrons. The largest absolute Gasteiger partial charge is 0.491 e. The summed E-state index contributed by atoms with van der Waals surface area (Å²) in [5, 5.41) is 18.4. The van der Waals surface area contributed by atoms with Crippen LogP contribution in [-0.2, 0) is 35.9 Å². The number of carboxylic acid groups (broad SMARTS) is 1. The van der Waals surface area contributed by atoms with Crippen molar-refractivity contribution in [1.82, 2.24) is 9.44 Å². The minimum Gasteiger partial charge on any atom is -0.481 e. The third-order valence-corrected chi connectivity index (χ3v) is 5.86. The highest BCUT2D eigenvalue weighted by Crippen LogP contribution is 2.26. The van der Waals surface area contributed by atoms with Crippen LogP contribution < -0.4 is 25.2 Å². The molecule has 216 valence electrons. The van der Waals surface area contributed by atoms with Gasteiger partial charge in [-0.2, -0.15) is 31.0 Å². The van der Waals surface area contributed by atoms with Gasteiger partial charge in [0.25, 0.3) is 10.2 Å². The molecule has 0 fully saturated rings. The Hall–Kier alpha value is -4.26. The quantitative estimate of drug-likeness (QED) is 0.0698. The van der Waals surface area contributed by atoms with Crippen LogP contribution in [0.1, 0.15) is 22.3 Å². The van der Waals surface area contributed by atoms with Crippen LogP contribution in [-0.4, -0.2) is 55.6 Å². The molecule has 0 heterocycles. The fourth-order valence-corrected chi connectivity index (χ4v) is 3.95. The number of nitrogens with one attached hydrogen (secondary N) is 4. The Kier molecular flexibility index (Phi) is 10.5. The van der Waals surface area contributed by atoms with Crippen molar-refractivity contribution in [3.63, 3.8) is 0 Å². The number of ether oxygens (including phenoxy) is 2. The topological polar surface area (TPSA) is 227 Å². The van der Waals surface area contributed by atoms with Gasteiger partial charge in [-0.15, -0.1) is 0 Å². The molecular weight excluding hydrogens is 591 g/mol. The van der Waals surface area contributed by atoms with Crippen LogP contribution in [0.5, 0.6) is 5.75 Å². The van der Waals surface area contributed by atoms with Gasteiger partial charge < -0.3 is 25.6 Å². The lowest BCUT2D eigenvalue weighted by atomic mass is 10.2. The maximum atomic E-state index is 12.4. The van der Waals surface area contributed by atoms with Crippen molar-refractivity contribution in [1.29, 1.82) is 5.41 Å². The van der Waals surface area contributed by atoms with Gasteiger partial charge in [0, 0.05) is 12.2 Å². The summed E-state index contributed by atoms with van der Waals surface area (Å²) in [7, 11) is -4.74. The SMILES string of the molecule is N=C(N)Nc1ccc(C(=O)Oc2ccc(CNS(=O)(=O)N[C@@H](CC(=O)O)C(=O)OC(=O)C(F)(F)F)cc2Cl)cc1. The Balaban J connectivity index is 2.03. The summed E-state index contributed by atoms with van der Waals surface area (Å²) in [5.74, 6) is -8.04. The molecule has 2 rings (SSSR count). The maximum Gasteiger partial charge on any atom is 0.491 e. The number of esters is 3. The number of carbonyl (C=O) groups is 4. The minimum atomic E-state index is -5.58. The number of carbonyl (C=O) groups excluding carboxylic acids is 3. The average molecular weight is 610 g/mol. The Morgan fingerprint density at radius 2 is 1.73 bits per heavy atom. The van der Waals surface area contributed by atoms with Gasteiger partial charge >= 0.3 is 30.1 Å². The van der Waals surface area contributed by atoms with Crippen molar-refractivity contribution in [3.05, 3.63) is 58.6 Å². The second-order valence-electron chi connectivity index (χ2n) is 7.57. The van der Waals surface area contributed by atoms with Crippen molar-refractivity contribution < 1.29 is 55.3 Å². The number of hydrogen-bond acceptors (Lipinski definition) is 9. The predicted octanol–water partition coefficient (Wildman–Crippen LogP) is 1.26. The van der Waals surface area contributed by atoms with Gasteiger partial charge in [-0.05, 0) is 42.0 Å². The lowest BCUT2D eigenvalue weighted by molar-refractivity contribution is -0.202. The van der Waals surface area contributed by atoms with Gasteiger partial charge in [-0.3, -0.25) is 10.2 Å². The van der Waals surface area contributed by atoms with Crippen molar-refractivity contribution in [2.24, 2.45) is 5.73 Å². The molecule has 2 aromatic carbocycles. The molecule has 0 aromatic heterocycles. The van der Waals surface area contributed by atoms with E-state index in [1.54, 1.807) is 0 Å². The Labute approximate surface area is 228 Å². The molecule has 0 aliphatic heterocycles. The van der Waals surface area contributed by atoms with Crippen LogP contribution in [0.2, 0.25) is 5.02 Å². The summed E-state index contributed by atoms with van der Waals surface area (Å²) in [6.45, 7) is -0.524. The van der Waals surface area contributed by atoms with Crippen LogP contribution >= 0.6 is 11.6 Å².